The standard InChI is InChI=1S/C45H81N2O6P/c1-6-8-10-12-14-16-18-19-20-21-22-23-24-25-26-27-29-31-33-35-37-39-45(49)46-43(42-53-54(50,51)52-41-40-47(3,4)5)44(48)38-36-34-32-30-28-17-15-13-11-9-7-2/h11,13,18-19,21-22,24-25,28,30,36,38,43-44,48H,6-10,12,14-17,20,23,26-27,29,31-35,37,39-42H2,1-5H3,(H-,46,49,50,51)/b13-11+,19-18-,22-21-,25-24-,30-28+,38-36+. The van der Waals surface area contributed by atoms with E-state index in [4.69, 9.17) is 9.05 Å². The quantitative estimate of drug-likeness (QED) is 0.0281. The Morgan fingerprint density at radius 3 is 1.69 bits per heavy atom. The lowest BCUT2D eigenvalue weighted by atomic mass is 10.1. The van der Waals surface area contributed by atoms with E-state index in [1.54, 1.807) is 6.08 Å². The fraction of sp³-hybridized carbons (Fsp3) is 0.711. The SMILES string of the molecule is CCC/C=C/CC/C=C/CC/C=C/C(O)C(COP(=O)([O-])OCC[N+](C)(C)C)NC(=O)CCCCCCCC/C=C\C/C=C\C/C=C\CCCCCCC. The maximum absolute atomic E-state index is 12.8. The normalized spacial score (nSPS) is 15.2. The van der Waals surface area contributed by atoms with Crippen LogP contribution < -0.4 is 10.2 Å². The number of hydrogen-bond acceptors (Lipinski definition) is 6. The number of quaternary nitrogens is 1. The van der Waals surface area contributed by atoms with Crippen molar-refractivity contribution < 1.29 is 32.9 Å². The average Bonchev–Trinajstić information content (AvgIpc) is 3.12. The van der Waals surface area contributed by atoms with Crippen molar-refractivity contribution in [3.05, 3.63) is 72.9 Å². The van der Waals surface area contributed by atoms with E-state index in [9.17, 15) is 19.4 Å². The van der Waals surface area contributed by atoms with E-state index < -0.39 is 26.6 Å². The molecule has 54 heavy (non-hydrogen) atoms. The highest BCUT2D eigenvalue weighted by atomic mass is 31.2. The topological polar surface area (TPSA) is 108 Å². The summed E-state index contributed by atoms with van der Waals surface area (Å²) < 4.78 is 23.1. The van der Waals surface area contributed by atoms with E-state index >= 15 is 0 Å². The van der Waals surface area contributed by atoms with Gasteiger partial charge >= 0.3 is 0 Å². The van der Waals surface area contributed by atoms with Crippen molar-refractivity contribution in [1.29, 1.82) is 0 Å². The van der Waals surface area contributed by atoms with Crippen molar-refractivity contribution in [2.24, 2.45) is 0 Å². The monoisotopic (exact) mass is 777 g/mol. The third-order valence-corrected chi connectivity index (χ3v) is 9.81. The van der Waals surface area contributed by atoms with Crippen LogP contribution in [0.25, 0.3) is 0 Å². The Bertz CT molecular complexity index is 1110. The molecular formula is C45H81N2O6P. The Hall–Kier alpha value is -2.06. The molecule has 0 aliphatic rings. The van der Waals surface area contributed by atoms with E-state index in [1.807, 2.05) is 27.2 Å². The third kappa shape index (κ3) is 38.2. The van der Waals surface area contributed by atoms with Gasteiger partial charge in [-0.15, -0.1) is 0 Å². The number of aliphatic hydroxyl groups is 1. The van der Waals surface area contributed by atoms with Gasteiger partial charge in [-0.05, 0) is 77.0 Å². The van der Waals surface area contributed by atoms with Crippen LogP contribution in [0.1, 0.15) is 155 Å². The van der Waals surface area contributed by atoms with Crippen LogP contribution in [0.4, 0.5) is 0 Å². The molecule has 3 unspecified atom stereocenters. The van der Waals surface area contributed by atoms with Crippen LogP contribution in [0.5, 0.6) is 0 Å². The van der Waals surface area contributed by atoms with Gasteiger partial charge in [0.15, 0.2) is 0 Å². The molecule has 9 heteroatoms. The molecule has 2 N–H and O–H groups in total. The fourth-order valence-electron chi connectivity index (χ4n) is 5.43. The second-order valence-corrected chi connectivity index (χ2v) is 16.7. The zero-order chi connectivity index (χ0) is 40.0. The van der Waals surface area contributed by atoms with Crippen LogP contribution in [0.3, 0.4) is 0 Å². The number of amides is 1. The maximum Gasteiger partial charge on any atom is 0.268 e. The van der Waals surface area contributed by atoms with E-state index in [0.29, 0.717) is 17.4 Å². The van der Waals surface area contributed by atoms with Crippen molar-refractivity contribution in [2.45, 2.75) is 167 Å². The van der Waals surface area contributed by atoms with Gasteiger partial charge in [-0.1, -0.05) is 145 Å². The number of nitrogens with one attached hydrogen (secondary N) is 1. The van der Waals surface area contributed by atoms with E-state index in [0.717, 1.165) is 83.5 Å². The summed E-state index contributed by atoms with van der Waals surface area (Å²) in [4.78, 5) is 25.2. The molecule has 1 amide bonds. The number of phosphoric ester groups is 1. The molecule has 0 aromatic heterocycles. The minimum Gasteiger partial charge on any atom is -0.756 e. The van der Waals surface area contributed by atoms with Crippen LogP contribution in [-0.4, -0.2) is 68.5 Å². The summed E-state index contributed by atoms with van der Waals surface area (Å²) >= 11 is 0. The molecule has 0 heterocycles. The van der Waals surface area contributed by atoms with Crippen molar-refractivity contribution in [2.75, 3.05) is 40.9 Å². The molecule has 0 spiro atoms. The van der Waals surface area contributed by atoms with Crippen LogP contribution in [0, 0.1) is 0 Å². The molecule has 0 aromatic carbocycles. The van der Waals surface area contributed by atoms with Gasteiger partial charge in [0.1, 0.15) is 13.2 Å². The summed E-state index contributed by atoms with van der Waals surface area (Å²) in [6.45, 7) is 4.49. The molecule has 0 aromatic rings. The highest BCUT2D eigenvalue weighted by molar-refractivity contribution is 7.45. The summed E-state index contributed by atoms with van der Waals surface area (Å²) in [5, 5.41) is 13.7. The molecule has 0 fully saturated rings. The average molecular weight is 777 g/mol. The number of hydrogen-bond donors (Lipinski definition) is 2. The van der Waals surface area contributed by atoms with Crippen LogP contribution in [0.2, 0.25) is 0 Å². The van der Waals surface area contributed by atoms with Crippen LogP contribution in [-0.2, 0) is 18.4 Å². The number of carbonyl (C=O) groups is 1. The van der Waals surface area contributed by atoms with Gasteiger partial charge in [-0.2, -0.15) is 0 Å². The van der Waals surface area contributed by atoms with Crippen LogP contribution >= 0.6 is 7.82 Å². The molecule has 0 saturated heterocycles. The minimum atomic E-state index is -4.60. The number of allylic oxidation sites excluding steroid dienone is 11. The van der Waals surface area contributed by atoms with Gasteiger partial charge in [0.2, 0.25) is 5.91 Å². The molecule has 0 radical (unpaired) electrons. The van der Waals surface area contributed by atoms with Gasteiger partial charge < -0.3 is 28.8 Å². The first kappa shape index (κ1) is 51.9. The number of rotatable bonds is 37. The Morgan fingerprint density at radius 1 is 0.648 bits per heavy atom. The second-order valence-electron chi connectivity index (χ2n) is 15.3. The Balaban J connectivity index is 4.46. The highest BCUT2D eigenvalue weighted by Gasteiger charge is 2.23. The van der Waals surface area contributed by atoms with Gasteiger partial charge in [-0.25, -0.2) is 0 Å². The van der Waals surface area contributed by atoms with Gasteiger partial charge in [0, 0.05) is 6.42 Å². The van der Waals surface area contributed by atoms with E-state index in [1.165, 1.54) is 51.4 Å². The summed E-state index contributed by atoms with van der Waals surface area (Å²) in [5.74, 6) is -0.230. The van der Waals surface area contributed by atoms with Crippen molar-refractivity contribution >= 4 is 13.7 Å². The third-order valence-electron chi connectivity index (χ3n) is 8.85. The number of unbranched alkanes of at least 4 members (excludes halogenated alkanes) is 14. The first-order chi connectivity index (χ1) is 26.0. The smallest absolute Gasteiger partial charge is 0.268 e. The van der Waals surface area contributed by atoms with Crippen molar-refractivity contribution in [3.8, 4) is 0 Å². The summed E-state index contributed by atoms with van der Waals surface area (Å²) in [7, 11) is 1.21. The van der Waals surface area contributed by atoms with Gasteiger partial charge in [0.25, 0.3) is 7.82 Å². The predicted octanol–water partition coefficient (Wildman–Crippen LogP) is 11.0. The lowest BCUT2D eigenvalue weighted by Crippen LogP contribution is -2.45. The predicted molar refractivity (Wildman–Crippen MR) is 228 cm³/mol. The maximum atomic E-state index is 12.8. The Kier molecular flexibility index (Phi) is 35.2. The Labute approximate surface area is 332 Å². The number of carbonyl (C=O) groups excluding carboxylic acids is 1. The lowest BCUT2D eigenvalue weighted by Gasteiger charge is -2.29. The number of phosphoric acid groups is 1. The Morgan fingerprint density at radius 2 is 1.13 bits per heavy atom. The lowest BCUT2D eigenvalue weighted by molar-refractivity contribution is -0.870. The summed E-state index contributed by atoms with van der Waals surface area (Å²) in [5.41, 5.74) is 0. The number of likely N-dealkylation sites (N-methyl/N-ethyl adjacent to an activating group) is 1. The van der Waals surface area contributed by atoms with Crippen molar-refractivity contribution in [3.63, 3.8) is 0 Å². The molecule has 0 aliphatic carbocycles. The van der Waals surface area contributed by atoms with E-state index in [2.05, 4.69) is 79.9 Å². The zero-order valence-electron chi connectivity index (χ0n) is 35.1. The number of nitrogens with zero attached hydrogens (tertiary/aromatic N) is 1. The van der Waals surface area contributed by atoms with E-state index in [-0.39, 0.29) is 12.5 Å². The van der Waals surface area contributed by atoms with Crippen molar-refractivity contribution in [1.82, 2.24) is 5.32 Å². The van der Waals surface area contributed by atoms with Gasteiger partial charge in [-0.3, -0.25) is 9.36 Å². The summed E-state index contributed by atoms with van der Waals surface area (Å²) in [6.07, 6.45) is 48.1. The fourth-order valence-corrected chi connectivity index (χ4v) is 6.15. The molecule has 0 aliphatic heterocycles. The highest BCUT2D eigenvalue weighted by Crippen LogP contribution is 2.38. The van der Waals surface area contributed by atoms with Crippen LogP contribution in [0.15, 0.2) is 72.9 Å². The second kappa shape index (κ2) is 36.6. The first-order valence-corrected chi connectivity index (χ1v) is 22.8. The van der Waals surface area contributed by atoms with Gasteiger partial charge in [0.05, 0.1) is 39.9 Å². The molecule has 3 atom stereocenters. The minimum absolute atomic E-state index is 0.0156. The molecule has 8 nitrogen and oxygen atoms in total. The molecule has 0 bridgehead atoms. The molecule has 0 rings (SSSR count). The summed E-state index contributed by atoms with van der Waals surface area (Å²) in [6, 6.07) is -0.918. The zero-order valence-corrected chi connectivity index (χ0v) is 36.0. The molecular weight excluding hydrogens is 695 g/mol. The molecule has 0 saturated carbocycles. The largest absolute Gasteiger partial charge is 0.756 e. The number of aliphatic hydroxyl groups excluding tert-OH is 1. The molecule has 312 valence electrons. The first-order valence-electron chi connectivity index (χ1n) is 21.3.